The number of furan rings is 1. The van der Waals surface area contributed by atoms with Crippen molar-refractivity contribution in [2.75, 3.05) is 5.73 Å². The summed E-state index contributed by atoms with van der Waals surface area (Å²) in [6.07, 6.45) is 0. The lowest BCUT2D eigenvalue weighted by molar-refractivity contribution is 0.0927. The van der Waals surface area contributed by atoms with Crippen molar-refractivity contribution in [2.45, 2.75) is 10.1 Å². The van der Waals surface area contributed by atoms with Gasteiger partial charge in [-0.05, 0) is 6.07 Å². The highest BCUT2D eigenvalue weighted by Gasteiger charge is 2.20. The summed E-state index contributed by atoms with van der Waals surface area (Å²) in [6.45, 7) is 0. The van der Waals surface area contributed by atoms with E-state index < -0.39 is 5.91 Å². The van der Waals surface area contributed by atoms with Crippen LogP contribution < -0.4 is 17.0 Å². The zero-order chi connectivity index (χ0) is 14.8. The lowest BCUT2D eigenvalue weighted by Gasteiger charge is -2.00. The molecule has 2 aromatic heterocycles. The number of para-hydroxylation sites is 1. The van der Waals surface area contributed by atoms with Crippen LogP contribution >= 0.6 is 23.1 Å². The highest BCUT2D eigenvalue weighted by Crippen LogP contribution is 2.33. The van der Waals surface area contributed by atoms with Gasteiger partial charge in [0.15, 0.2) is 10.1 Å². The van der Waals surface area contributed by atoms with Crippen molar-refractivity contribution < 1.29 is 9.21 Å². The van der Waals surface area contributed by atoms with Crippen LogP contribution in [0.2, 0.25) is 0 Å². The molecule has 0 aliphatic heterocycles. The molecule has 0 fully saturated rings. The van der Waals surface area contributed by atoms with E-state index in [1.165, 1.54) is 23.1 Å². The zero-order valence-electron chi connectivity index (χ0n) is 10.7. The molecule has 0 aliphatic rings. The lowest BCUT2D eigenvalue weighted by atomic mass is 10.1. The van der Waals surface area contributed by atoms with Crippen molar-refractivity contribution in [1.29, 1.82) is 0 Å². The summed E-state index contributed by atoms with van der Waals surface area (Å²) in [4.78, 5) is 11.8. The minimum Gasteiger partial charge on any atom is -0.451 e. The molecule has 0 aliphatic carbocycles. The maximum atomic E-state index is 11.8. The molecule has 7 nitrogen and oxygen atoms in total. The monoisotopic (exact) mass is 321 g/mol. The molecule has 0 unspecified atom stereocenters. The third-order valence-electron chi connectivity index (χ3n) is 2.80. The summed E-state index contributed by atoms with van der Waals surface area (Å²) in [7, 11) is 0. The maximum absolute atomic E-state index is 11.8. The molecule has 108 valence electrons. The number of fused-ring (bicyclic) bond motifs is 1. The van der Waals surface area contributed by atoms with E-state index >= 15 is 0 Å². The maximum Gasteiger partial charge on any atom is 0.301 e. The fourth-order valence-corrected chi connectivity index (χ4v) is 3.57. The van der Waals surface area contributed by atoms with Crippen LogP contribution in [0, 0.1) is 0 Å². The predicted molar refractivity (Wildman–Crippen MR) is 81.8 cm³/mol. The van der Waals surface area contributed by atoms with E-state index in [9.17, 15) is 4.79 Å². The van der Waals surface area contributed by atoms with Crippen LogP contribution in [0.3, 0.4) is 0 Å². The Balaban J connectivity index is 1.96. The first-order chi connectivity index (χ1) is 10.2. The van der Waals surface area contributed by atoms with Crippen LogP contribution in [0.15, 0.2) is 33.0 Å². The molecular formula is C12H11N5O2S2. The average molecular weight is 321 g/mol. The first kappa shape index (κ1) is 13.9. The molecule has 21 heavy (non-hydrogen) atoms. The van der Waals surface area contributed by atoms with Gasteiger partial charge in [-0.25, -0.2) is 5.84 Å². The molecule has 0 radical (unpaired) electrons. The van der Waals surface area contributed by atoms with E-state index in [0.717, 1.165) is 15.3 Å². The van der Waals surface area contributed by atoms with Crippen molar-refractivity contribution in [3.8, 4) is 0 Å². The number of carbonyl (C=O) groups is 1. The minimum atomic E-state index is -0.460. The van der Waals surface area contributed by atoms with Gasteiger partial charge < -0.3 is 10.2 Å². The number of anilines is 1. The minimum absolute atomic E-state index is 0.212. The van der Waals surface area contributed by atoms with Gasteiger partial charge in [-0.15, -0.1) is 10.2 Å². The Labute approximate surface area is 127 Å². The normalized spacial score (nSPS) is 10.9. The summed E-state index contributed by atoms with van der Waals surface area (Å²) in [5.74, 6) is 5.46. The van der Waals surface area contributed by atoms with Gasteiger partial charge in [-0.2, -0.15) is 0 Å². The first-order valence-corrected chi connectivity index (χ1v) is 7.72. The van der Waals surface area contributed by atoms with Crippen LogP contribution in [0.1, 0.15) is 16.1 Å². The molecule has 0 bridgehead atoms. The Bertz CT molecular complexity index is 798. The van der Waals surface area contributed by atoms with E-state index in [1.807, 2.05) is 18.2 Å². The first-order valence-electron chi connectivity index (χ1n) is 5.92. The molecule has 9 heteroatoms. The second kappa shape index (κ2) is 5.72. The summed E-state index contributed by atoms with van der Waals surface area (Å²) >= 11 is 2.74. The Hall–Kier alpha value is -2.10. The molecule has 3 rings (SSSR count). The Morgan fingerprint density at radius 1 is 1.38 bits per heavy atom. The molecule has 3 aromatic rings. The van der Waals surface area contributed by atoms with E-state index in [0.29, 0.717) is 16.5 Å². The number of nitrogens with zero attached hydrogens (tertiary/aromatic N) is 2. The number of benzene rings is 1. The molecule has 0 saturated carbocycles. The van der Waals surface area contributed by atoms with Crippen molar-refractivity contribution in [3.05, 3.63) is 35.6 Å². The second-order valence-electron chi connectivity index (χ2n) is 4.07. The highest BCUT2D eigenvalue weighted by atomic mass is 32.2. The van der Waals surface area contributed by atoms with Crippen molar-refractivity contribution in [2.24, 2.45) is 5.84 Å². The average Bonchev–Trinajstić information content (AvgIpc) is 3.07. The summed E-state index contributed by atoms with van der Waals surface area (Å²) in [5, 5.41) is 8.98. The number of nitrogens with two attached hydrogens (primary N) is 2. The SMILES string of the molecule is NNC(=O)c1oc2ccccc2c1CSc1nnc(N)s1. The third-order valence-corrected chi connectivity index (χ3v) is 4.71. The summed E-state index contributed by atoms with van der Waals surface area (Å²) < 4.78 is 6.32. The zero-order valence-corrected chi connectivity index (χ0v) is 12.3. The van der Waals surface area contributed by atoms with Crippen LogP contribution in [0.25, 0.3) is 11.0 Å². The molecule has 5 N–H and O–H groups in total. The highest BCUT2D eigenvalue weighted by molar-refractivity contribution is 8.00. The number of rotatable bonds is 4. The van der Waals surface area contributed by atoms with Gasteiger partial charge in [0.25, 0.3) is 0 Å². The van der Waals surface area contributed by atoms with Gasteiger partial charge in [-0.1, -0.05) is 41.3 Å². The quantitative estimate of drug-likeness (QED) is 0.290. The van der Waals surface area contributed by atoms with E-state index in [-0.39, 0.29) is 5.76 Å². The fraction of sp³-hybridized carbons (Fsp3) is 0.0833. The van der Waals surface area contributed by atoms with Crippen molar-refractivity contribution in [3.63, 3.8) is 0 Å². The van der Waals surface area contributed by atoms with E-state index in [2.05, 4.69) is 15.6 Å². The van der Waals surface area contributed by atoms with Crippen molar-refractivity contribution >= 4 is 45.1 Å². The number of nitrogen functional groups attached to an aromatic ring is 2. The molecule has 0 atom stereocenters. The van der Waals surface area contributed by atoms with Gasteiger partial charge in [0, 0.05) is 16.7 Å². The fourth-order valence-electron chi connectivity index (χ4n) is 1.90. The van der Waals surface area contributed by atoms with Gasteiger partial charge >= 0.3 is 5.91 Å². The van der Waals surface area contributed by atoms with Crippen LogP contribution in [-0.2, 0) is 5.75 Å². The molecule has 0 spiro atoms. The number of amides is 1. The van der Waals surface area contributed by atoms with E-state index in [1.54, 1.807) is 6.07 Å². The number of nitrogens with one attached hydrogen (secondary N) is 1. The Morgan fingerprint density at radius 3 is 2.90 bits per heavy atom. The number of thioether (sulfide) groups is 1. The standard InChI is InChI=1S/C12H11N5O2S2/c13-11-16-17-12(21-11)20-5-7-6-3-1-2-4-8(6)19-9(7)10(18)15-14/h1-4H,5,14H2,(H2,13,16)(H,15,18). The number of hydrogen-bond acceptors (Lipinski definition) is 8. The molecule has 0 saturated heterocycles. The van der Waals surface area contributed by atoms with Crippen LogP contribution in [-0.4, -0.2) is 16.1 Å². The second-order valence-corrected chi connectivity index (χ2v) is 6.31. The molecule has 2 heterocycles. The topological polar surface area (TPSA) is 120 Å². The number of aromatic nitrogens is 2. The van der Waals surface area contributed by atoms with Gasteiger partial charge in [0.2, 0.25) is 5.13 Å². The molecular weight excluding hydrogens is 310 g/mol. The van der Waals surface area contributed by atoms with Crippen LogP contribution in [0.4, 0.5) is 5.13 Å². The molecule has 1 aromatic carbocycles. The van der Waals surface area contributed by atoms with Gasteiger partial charge in [0.1, 0.15) is 5.58 Å². The van der Waals surface area contributed by atoms with Gasteiger partial charge in [0.05, 0.1) is 0 Å². The van der Waals surface area contributed by atoms with E-state index in [4.69, 9.17) is 16.0 Å². The largest absolute Gasteiger partial charge is 0.451 e. The predicted octanol–water partition coefficient (Wildman–Crippen LogP) is 1.76. The Morgan fingerprint density at radius 2 is 2.19 bits per heavy atom. The number of carbonyl (C=O) groups excluding carboxylic acids is 1. The summed E-state index contributed by atoms with van der Waals surface area (Å²) in [5.41, 5.74) is 9.06. The third kappa shape index (κ3) is 2.71. The Kier molecular flexibility index (Phi) is 3.78. The van der Waals surface area contributed by atoms with Crippen molar-refractivity contribution in [1.82, 2.24) is 15.6 Å². The number of hydrogen-bond donors (Lipinski definition) is 3. The lowest BCUT2D eigenvalue weighted by Crippen LogP contribution is -2.30. The number of hydrazine groups is 1. The van der Waals surface area contributed by atoms with Crippen LogP contribution in [0.5, 0.6) is 0 Å². The smallest absolute Gasteiger partial charge is 0.301 e. The molecule has 1 amide bonds. The van der Waals surface area contributed by atoms with Gasteiger partial charge in [-0.3, -0.25) is 10.2 Å². The summed E-state index contributed by atoms with van der Waals surface area (Å²) in [6, 6.07) is 7.44.